The number of alkyl halides is 3. The molecule has 0 spiro atoms. The van der Waals surface area contributed by atoms with E-state index in [0.717, 1.165) is 35.4 Å². The molecule has 0 aliphatic rings. The third-order valence-electron chi connectivity index (χ3n) is 4.87. The Labute approximate surface area is 183 Å². The summed E-state index contributed by atoms with van der Waals surface area (Å²) in [6, 6.07) is 16.7. The molecule has 0 amide bonds. The highest BCUT2D eigenvalue weighted by Gasteiger charge is 2.30. The number of hydrogen-bond acceptors (Lipinski definition) is 3. The van der Waals surface area contributed by atoms with Crippen molar-refractivity contribution in [2.24, 2.45) is 0 Å². The molecule has 3 rings (SSSR count). The average molecular weight is 463 g/mol. The largest absolute Gasteiger partial charge is 0.478 e. The number of aryl methyl sites for hydroxylation is 2. The van der Waals surface area contributed by atoms with E-state index in [9.17, 15) is 26.4 Å². The highest BCUT2D eigenvalue weighted by Crippen LogP contribution is 2.30. The predicted octanol–water partition coefficient (Wildman–Crippen LogP) is 5.38. The van der Waals surface area contributed by atoms with Crippen molar-refractivity contribution in [2.75, 3.05) is 4.72 Å². The van der Waals surface area contributed by atoms with E-state index in [0.29, 0.717) is 24.9 Å². The van der Waals surface area contributed by atoms with Gasteiger partial charge >= 0.3 is 12.1 Å². The summed E-state index contributed by atoms with van der Waals surface area (Å²) >= 11 is 0. The topological polar surface area (TPSA) is 83.5 Å². The summed E-state index contributed by atoms with van der Waals surface area (Å²) in [6.45, 7) is 0. The van der Waals surface area contributed by atoms with Gasteiger partial charge in [-0.25, -0.2) is 13.2 Å². The minimum atomic E-state index is -4.55. The number of rotatable bonds is 8. The Bertz CT molecular complexity index is 1190. The number of carboxylic acid groups (broad SMARTS) is 1. The summed E-state index contributed by atoms with van der Waals surface area (Å²) < 4.78 is 65.9. The van der Waals surface area contributed by atoms with Crippen molar-refractivity contribution in [3.63, 3.8) is 0 Å². The van der Waals surface area contributed by atoms with E-state index in [-0.39, 0.29) is 10.5 Å². The van der Waals surface area contributed by atoms with Crippen molar-refractivity contribution >= 4 is 21.7 Å². The van der Waals surface area contributed by atoms with Gasteiger partial charge in [0.2, 0.25) is 0 Å². The third-order valence-corrected chi connectivity index (χ3v) is 6.25. The van der Waals surface area contributed by atoms with Crippen molar-refractivity contribution in [3.05, 3.63) is 95.1 Å². The van der Waals surface area contributed by atoms with Gasteiger partial charge in [0.25, 0.3) is 10.0 Å². The lowest BCUT2D eigenvalue weighted by Crippen LogP contribution is -2.15. The zero-order valence-corrected chi connectivity index (χ0v) is 17.6. The van der Waals surface area contributed by atoms with Gasteiger partial charge in [0.05, 0.1) is 21.7 Å². The lowest BCUT2D eigenvalue weighted by Gasteiger charge is -2.13. The van der Waals surface area contributed by atoms with Crippen molar-refractivity contribution in [3.8, 4) is 0 Å². The fraction of sp³-hybridized carbons (Fsp3) is 0.174. The number of carbonyl (C=O) groups is 1. The van der Waals surface area contributed by atoms with Crippen molar-refractivity contribution < 1.29 is 31.5 Å². The van der Waals surface area contributed by atoms with Crippen LogP contribution in [0.2, 0.25) is 0 Å². The zero-order chi connectivity index (χ0) is 23.4. The maximum atomic E-state index is 12.7. The number of para-hydroxylation sites is 1. The molecule has 0 atom stereocenters. The first-order valence-electron chi connectivity index (χ1n) is 9.66. The number of carboxylic acids is 1. The van der Waals surface area contributed by atoms with Gasteiger partial charge in [0.1, 0.15) is 0 Å². The van der Waals surface area contributed by atoms with Crippen molar-refractivity contribution in [1.29, 1.82) is 0 Å². The van der Waals surface area contributed by atoms with Crippen LogP contribution in [0.4, 0.5) is 18.9 Å². The molecule has 5 nitrogen and oxygen atoms in total. The van der Waals surface area contributed by atoms with Gasteiger partial charge in [-0.3, -0.25) is 4.72 Å². The molecule has 0 unspecified atom stereocenters. The fourth-order valence-corrected chi connectivity index (χ4v) is 4.26. The monoisotopic (exact) mass is 463 g/mol. The van der Waals surface area contributed by atoms with Crippen LogP contribution in [0, 0.1) is 0 Å². The predicted molar refractivity (Wildman–Crippen MR) is 114 cm³/mol. The van der Waals surface area contributed by atoms with E-state index >= 15 is 0 Å². The molecule has 0 fully saturated rings. The Balaban J connectivity index is 1.68. The van der Waals surface area contributed by atoms with E-state index in [2.05, 4.69) is 4.72 Å². The maximum absolute atomic E-state index is 12.7. The first kappa shape index (κ1) is 23.3. The highest BCUT2D eigenvalue weighted by atomic mass is 32.2. The molecule has 0 aliphatic heterocycles. The number of anilines is 1. The van der Waals surface area contributed by atoms with Gasteiger partial charge in [-0.1, -0.05) is 30.3 Å². The number of hydrogen-bond donors (Lipinski definition) is 2. The molecule has 9 heteroatoms. The molecule has 0 radical (unpaired) electrons. The molecule has 0 saturated carbocycles. The van der Waals surface area contributed by atoms with Gasteiger partial charge in [0.15, 0.2) is 0 Å². The second kappa shape index (κ2) is 9.44. The van der Waals surface area contributed by atoms with E-state index in [1.54, 1.807) is 36.4 Å². The zero-order valence-electron chi connectivity index (χ0n) is 16.8. The molecule has 168 valence electrons. The molecule has 0 aromatic heterocycles. The van der Waals surface area contributed by atoms with Gasteiger partial charge < -0.3 is 5.11 Å². The van der Waals surface area contributed by atoms with Crippen molar-refractivity contribution in [2.45, 2.75) is 30.3 Å². The Morgan fingerprint density at radius 2 is 1.50 bits per heavy atom. The number of sulfonamides is 1. The normalized spacial score (nSPS) is 11.8. The average Bonchev–Trinajstić information content (AvgIpc) is 2.74. The summed E-state index contributed by atoms with van der Waals surface area (Å²) in [7, 11) is -4.06. The van der Waals surface area contributed by atoms with Crippen LogP contribution in [0.3, 0.4) is 0 Å². The lowest BCUT2D eigenvalue weighted by atomic mass is 10.0. The number of nitrogens with one attached hydrogen (secondary N) is 1. The summed E-state index contributed by atoms with van der Waals surface area (Å²) in [5, 5.41) is 8.95. The molecule has 0 saturated heterocycles. The molecule has 3 aromatic rings. The quantitative estimate of drug-likeness (QED) is 0.470. The number of halogens is 3. The maximum Gasteiger partial charge on any atom is 0.416 e. The van der Waals surface area contributed by atoms with Crippen LogP contribution in [-0.2, 0) is 29.0 Å². The summed E-state index contributed by atoms with van der Waals surface area (Å²) in [5.41, 5.74) is 1.33. The molecule has 0 bridgehead atoms. The second-order valence-corrected chi connectivity index (χ2v) is 8.82. The highest BCUT2D eigenvalue weighted by molar-refractivity contribution is 7.92. The smallest absolute Gasteiger partial charge is 0.416 e. The summed E-state index contributed by atoms with van der Waals surface area (Å²) in [6.07, 6.45) is -2.64. The first-order chi connectivity index (χ1) is 15.1. The summed E-state index contributed by atoms with van der Waals surface area (Å²) in [4.78, 5) is 10.7. The van der Waals surface area contributed by atoms with Crippen LogP contribution < -0.4 is 4.72 Å². The van der Waals surface area contributed by atoms with Crippen LogP contribution in [-0.4, -0.2) is 19.5 Å². The minimum Gasteiger partial charge on any atom is -0.478 e. The van der Waals surface area contributed by atoms with Crippen LogP contribution in [0.25, 0.3) is 0 Å². The van der Waals surface area contributed by atoms with Gasteiger partial charge in [-0.2, -0.15) is 13.2 Å². The van der Waals surface area contributed by atoms with Crippen LogP contribution in [0.5, 0.6) is 0 Å². The van der Waals surface area contributed by atoms with Crippen LogP contribution in [0.15, 0.2) is 77.7 Å². The van der Waals surface area contributed by atoms with Gasteiger partial charge in [-0.15, -0.1) is 0 Å². The Morgan fingerprint density at radius 3 is 2.09 bits per heavy atom. The fourth-order valence-electron chi connectivity index (χ4n) is 3.16. The van der Waals surface area contributed by atoms with E-state index in [1.807, 2.05) is 0 Å². The Morgan fingerprint density at radius 1 is 0.875 bits per heavy atom. The van der Waals surface area contributed by atoms with Crippen LogP contribution >= 0.6 is 0 Å². The number of aromatic carboxylic acids is 1. The minimum absolute atomic E-state index is 0.205. The third kappa shape index (κ3) is 5.88. The molecular formula is C23H20F3NO4S. The summed E-state index contributed by atoms with van der Waals surface area (Å²) in [5.74, 6) is -0.995. The van der Waals surface area contributed by atoms with E-state index < -0.39 is 27.7 Å². The molecule has 2 N–H and O–H groups in total. The first-order valence-corrected chi connectivity index (χ1v) is 11.1. The second-order valence-electron chi connectivity index (χ2n) is 7.14. The molecule has 0 aliphatic carbocycles. The number of benzene rings is 3. The standard InChI is InChI=1S/C23H20F3NO4S/c24-23(25,26)19-12-14-20(15-13-19)32(30,31)27-21-7-2-1-5-17(21)6-3-4-16-8-10-18(11-9-16)22(28)29/h1-2,5,7-15,27H,3-4,6H2,(H,28,29). The van der Waals surface area contributed by atoms with Gasteiger partial charge in [-0.05, 0) is 72.9 Å². The van der Waals surface area contributed by atoms with Crippen molar-refractivity contribution in [1.82, 2.24) is 0 Å². The Kier molecular flexibility index (Phi) is 6.88. The molecule has 32 heavy (non-hydrogen) atoms. The SMILES string of the molecule is O=C(O)c1ccc(CCCc2ccccc2NS(=O)(=O)c2ccc(C(F)(F)F)cc2)cc1. The molecule has 0 heterocycles. The molecular weight excluding hydrogens is 443 g/mol. The van der Waals surface area contributed by atoms with E-state index in [4.69, 9.17) is 5.11 Å². The van der Waals surface area contributed by atoms with Gasteiger partial charge in [0, 0.05) is 0 Å². The van der Waals surface area contributed by atoms with Crippen LogP contribution in [0.1, 0.15) is 33.5 Å². The Hall–Kier alpha value is -3.33. The van der Waals surface area contributed by atoms with E-state index in [1.165, 1.54) is 12.1 Å². The lowest BCUT2D eigenvalue weighted by molar-refractivity contribution is -0.137. The molecule has 3 aromatic carbocycles.